The zero-order chi connectivity index (χ0) is 28.9. The van der Waals surface area contributed by atoms with Gasteiger partial charge in [-0.15, -0.1) is 0 Å². The molecule has 1 saturated heterocycles. The number of hydrogen-bond donors (Lipinski definition) is 4. The predicted octanol–water partition coefficient (Wildman–Crippen LogP) is 4.91. The highest BCUT2D eigenvalue weighted by Crippen LogP contribution is 2.57. The third kappa shape index (κ3) is 7.47. The molecular formula is C30H37Cl2N3O5. The lowest BCUT2D eigenvalue weighted by Crippen LogP contribution is -2.48. The van der Waals surface area contributed by atoms with Crippen molar-refractivity contribution in [2.75, 3.05) is 13.2 Å². The van der Waals surface area contributed by atoms with E-state index in [4.69, 9.17) is 27.9 Å². The molecule has 1 aliphatic carbocycles. The van der Waals surface area contributed by atoms with Gasteiger partial charge in [-0.3, -0.25) is 9.59 Å². The molecule has 4 N–H and O–H groups in total. The van der Waals surface area contributed by atoms with Crippen molar-refractivity contribution in [2.24, 2.45) is 11.8 Å². The van der Waals surface area contributed by atoms with E-state index in [1.54, 1.807) is 12.1 Å². The van der Waals surface area contributed by atoms with Crippen molar-refractivity contribution in [3.8, 4) is 0 Å². The molecule has 0 radical (unpaired) electrons. The molecule has 1 saturated carbocycles. The second-order valence-electron chi connectivity index (χ2n) is 11.2. The van der Waals surface area contributed by atoms with Crippen LogP contribution in [0, 0.1) is 11.8 Å². The summed E-state index contributed by atoms with van der Waals surface area (Å²) >= 11 is 12.5. The average molecular weight is 591 g/mol. The molecule has 2 aromatic carbocycles. The van der Waals surface area contributed by atoms with Gasteiger partial charge in [0.15, 0.2) is 6.10 Å². The van der Waals surface area contributed by atoms with E-state index < -0.39 is 30.2 Å². The van der Waals surface area contributed by atoms with Crippen LogP contribution in [0.5, 0.6) is 0 Å². The van der Waals surface area contributed by atoms with Gasteiger partial charge in [-0.2, -0.15) is 0 Å². The van der Waals surface area contributed by atoms with Gasteiger partial charge in [-0.05, 0) is 73.4 Å². The van der Waals surface area contributed by atoms with Crippen molar-refractivity contribution in [1.29, 1.82) is 0 Å². The number of nitrogens with one attached hydrogen (secondary N) is 3. The Labute approximate surface area is 245 Å². The van der Waals surface area contributed by atoms with Gasteiger partial charge in [0.25, 0.3) is 5.91 Å². The van der Waals surface area contributed by atoms with Crippen molar-refractivity contribution in [1.82, 2.24) is 16.0 Å². The lowest BCUT2D eigenvalue weighted by Gasteiger charge is -2.30. The normalized spacial score (nSPS) is 19.9. The first-order valence-corrected chi connectivity index (χ1v) is 14.5. The molecular weight excluding hydrogens is 553 g/mol. The summed E-state index contributed by atoms with van der Waals surface area (Å²) in [6.45, 7) is 4.13. The number of carbonyl (C=O) groups is 3. The number of alkyl carbamates (subject to hydrolysis) is 1. The summed E-state index contributed by atoms with van der Waals surface area (Å²) in [5, 5.41) is 19.7. The monoisotopic (exact) mass is 589 g/mol. The van der Waals surface area contributed by atoms with Crippen molar-refractivity contribution in [3.63, 3.8) is 0 Å². The molecule has 2 fully saturated rings. The van der Waals surface area contributed by atoms with Gasteiger partial charge in [-0.1, -0.05) is 61.3 Å². The largest absolute Gasteiger partial charge is 0.436 e. The maximum absolute atomic E-state index is 13.4. The molecule has 3 amide bonds. The molecule has 2 aliphatic rings. The van der Waals surface area contributed by atoms with E-state index in [0.29, 0.717) is 35.9 Å². The zero-order valence-electron chi connectivity index (χ0n) is 22.8. The van der Waals surface area contributed by atoms with Crippen LogP contribution in [-0.4, -0.2) is 48.3 Å². The van der Waals surface area contributed by atoms with Crippen molar-refractivity contribution in [2.45, 2.75) is 69.6 Å². The Balaban J connectivity index is 1.50. The van der Waals surface area contributed by atoms with Crippen LogP contribution in [0.3, 0.4) is 0 Å². The number of halogens is 2. The minimum atomic E-state index is -1.07. The van der Waals surface area contributed by atoms with Gasteiger partial charge in [0, 0.05) is 27.9 Å². The second kappa shape index (κ2) is 13.2. The summed E-state index contributed by atoms with van der Waals surface area (Å²) in [6, 6.07) is 13.9. The third-order valence-corrected chi connectivity index (χ3v) is 8.22. The zero-order valence-corrected chi connectivity index (χ0v) is 24.3. The van der Waals surface area contributed by atoms with E-state index in [9.17, 15) is 19.5 Å². The van der Waals surface area contributed by atoms with Gasteiger partial charge >= 0.3 is 6.09 Å². The molecule has 1 unspecified atom stereocenters. The molecule has 4 atom stereocenters. The van der Waals surface area contributed by atoms with Crippen LogP contribution in [0.1, 0.15) is 63.1 Å². The fourth-order valence-electron chi connectivity index (χ4n) is 5.48. The maximum Gasteiger partial charge on any atom is 0.408 e. The molecule has 0 spiro atoms. The van der Waals surface area contributed by atoms with Crippen LogP contribution >= 0.6 is 23.2 Å². The second-order valence-corrected chi connectivity index (χ2v) is 12.1. The minimum absolute atomic E-state index is 0.0602. The summed E-state index contributed by atoms with van der Waals surface area (Å²) in [4.78, 5) is 38.6. The SMILES string of the molecule is CC(C)C[C@H](OC(=O)NC(c1ccc(Cl)cc1)C1(c2cccc(Cl)c2)CC1)C(=O)N[C@H](CO)C[C@@H]1CCNC1=O. The fourth-order valence-corrected chi connectivity index (χ4v) is 5.79. The molecule has 2 aromatic rings. The molecule has 1 aliphatic heterocycles. The Kier molecular flexibility index (Phi) is 9.98. The minimum Gasteiger partial charge on any atom is -0.436 e. The molecule has 4 rings (SSSR count). The summed E-state index contributed by atoms with van der Waals surface area (Å²) < 4.78 is 5.74. The number of ether oxygens (including phenoxy) is 1. The molecule has 10 heteroatoms. The van der Waals surface area contributed by atoms with E-state index in [1.807, 2.05) is 50.2 Å². The first kappa shape index (κ1) is 30.2. The topological polar surface area (TPSA) is 117 Å². The van der Waals surface area contributed by atoms with E-state index >= 15 is 0 Å². The van der Waals surface area contributed by atoms with Crippen LogP contribution in [0.15, 0.2) is 48.5 Å². The molecule has 1 heterocycles. The van der Waals surface area contributed by atoms with Crippen molar-refractivity contribution < 1.29 is 24.2 Å². The molecule has 40 heavy (non-hydrogen) atoms. The number of aliphatic hydroxyl groups is 1. The maximum atomic E-state index is 13.4. The van der Waals surface area contributed by atoms with Gasteiger partial charge in [-0.25, -0.2) is 4.79 Å². The Bertz CT molecular complexity index is 1200. The van der Waals surface area contributed by atoms with Crippen molar-refractivity contribution >= 4 is 41.1 Å². The van der Waals surface area contributed by atoms with E-state index in [-0.39, 0.29) is 29.8 Å². The van der Waals surface area contributed by atoms with E-state index in [2.05, 4.69) is 16.0 Å². The Hall–Kier alpha value is -2.81. The molecule has 0 bridgehead atoms. The number of carbonyl (C=O) groups excluding carboxylic acids is 3. The van der Waals surface area contributed by atoms with Crippen LogP contribution in [0.4, 0.5) is 4.79 Å². The van der Waals surface area contributed by atoms with Crippen LogP contribution < -0.4 is 16.0 Å². The molecule has 216 valence electrons. The molecule has 8 nitrogen and oxygen atoms in total. The highest BCUT2D eigenvalue weighted by Gasteiger charge is 2.52. The number of rotatable bonds is 12. The summed E-state index contributed by atoms with van der Waals surface area (Å²) in [5.74, 6) is -0.791. The van der Waals surface area contributed by atoms with Crippen LogP contribution in [0.2, 0.25) is 10.0 Å². The standard InChI is InChI=1S/C30H37Cl2N3O5/c1-18(2)14-25(28(38)34-24(17-36)15-20-10-13-33-27(20)37)40-29(39)35-26(19-6-8-22(31)9-7-19)30(11-12-30)21-4-3-5-23(32)16-21/h3-9,16,18,20,24-26,36H,10-15,17H2,1-2H3,(H,33,37)(H,34,38)(H,35,39)/t20-,24-,25-,26?/m0/s1. The van der Waals surface area contributed by atoms with E-state index in [1.165, 1.54) is 0 Å². The van der Waals surface area contributed by atoms with Crippen molar-refractivity contribution in [3.05, 3.63) is 69.7 Å². The fraction of sp³-hybridized carbons (Fsp3) is 0.500. The predicted molar refractivity (Wildman–Crippen MR) is 154 cm³/mol. The highest BCUT2D eigenvalue weighted by molar-refractivity contribution is 6.30. The Morgan fingerprint density at radius 3 is 2.40 bits per heavy atom. The highest BCUT2D eigenvalue weighted by atomic mass is 35.5. The lowest BCUT2D eigenvalue weighted by molar-refractivity contribution is -0.132. The number of benzene rings is 2. The van der Waals surface area contributed by atoms with Crippen LogP contribution in [0.25, 0.3) is 0 Å². The van der Waals surface area contributed by atoms with Gasteiger partial charge in [0.2, 0.25) is 5.91 Å². The van der Waals surface area contributed by atoms with Gasteiger partial charge in [0.05, 0.1) is 18.7 Å². The third-order valence-electron chi connectivity index (χ3n) is 7.73. The summed E-state index contributed by atoms with van der Waals surface area (Å²) in [6.07, 6.45) is 1.15. The first-order chi connectivity index (χ1) is 19.1. The Morgan fingerprint density at radius 1 is 1.10 bits per heavy atom. The van der Waals surface area contributed by atoms with Gasteiger partial charge in [0.1, 0.15) is 0 Å². The Morgan fingerprint density at radius 2 is 1.82 bits per heavy atom. The first-order valence-electron chi connectivity index (χ1n) is 13.8. The lowest BCUT2D eigenvalue weighted by atomic mass is 9.84. The van der Waals surface area contributed by atoms with E-state index in [0.717, 1.165) is 24.0 Å². The van der Waals surface area contributed by atoms with Gasteiger partial charge < -0.3 is 25.8 Å². The number of aliphatic hydroxyl groups excluding tert-OH is 1. The summed E-state index contributed by atoms with van der Waals surface area (Å²) in [5.41, 5.74) is 1.49. The number of amides is 3. The smallest absolute Gasteiger partial charge is 0.408 e. The molecule has 0 aromatic heterocycles. The summed E-state index contributed by atoms with van der Waals surface area (Å²) in [7, 11) is 0. The quantitative estimate of drug-likeness (QED) is 0.280. The van der Waals surface area contributed by atoms with Crippen LogP contribution in [-0.2, 0) is 19.7 Å². The average Bonchev–Trinajstić information content (AvgIpc) is 3.63. The number of hydrogen-bond acceptors (Lipinski definition) is 5.